The summed E-state index contributed by atoms with van der Waals surface area (Å²) >= 11 is 1.34. The van der Waals surface area contributed by atoms with E-state index in [0.29, 0.717) is 42.2 Å². The van der Waals surface area contributed by atoms with Crippen LogP contribution >= 0.6 is 11.3 Å². The lowest BCUT2D eigenvalue weighted by atomic mass is 9.78. The molecule has 3 aromatic heterocycles. The molecule has 4 aromatic rings. The van der Waals surface area contributed by atoms with Gasteiger partial charge >= 0.3 is 6.18 Å². The number of aromatic nitrogens is 5. The van der Waals surface area contributed by atoms with E-state index in [1.165, 1.54) is 17.7 Å². The Morgan fingerprint density at radius 1 is 1.21 bits per heavy atom. The van der Waals surface area contributed by atoms with Gasteiger partial charge in [0.05, 0.1) is 11.4 Å². The SMILES string of the molecule is Cc1cc(Nc2nccc(C(F)(F)F)n2)cc(-c2cnc(C3(O)CCC(C(=O)NCc4ncon4)CC3)s2)c1. The van der Waals surface area contributed by atoms with Crippen molar-refractivity contribution in [3.05, 3.63) is 65.1 Å². The average Bonchev–Trinajstić information content (AvgIpc) is 3.60. The van der Waals surface area contributed by atoms with Crippen LogP contribution < -0.4 is 10.6 Å². The summed E-state index contributed by atoms with van der Waals surface area (Å²) in [5.41, 5.74) is -0.0171. The van der Waals surface area contributed by atoms with Crippen molar-refractivity contribution in [2.75, 3.05) is 5.32 Å². The molecule has 0 unspecified atom stereocenters. The lowest BCUT2D eigenvalue weighted by Gasteiger charge is -2.33. The zero-order chi connectivity index (χ0) is 27.6. The third-order valence-corrected chi connectivity index (χ3v) is 7.72. The van der Waals surface area contributed by atoms with E-state index < -0.39 is 17.5 Å². The van der Waals surface area contributed by atoms with Crippen LogP contribution in [-0.2, 0) is 23.1 Å². The van der Waals surface area contributed by atoms with Crippen LogP contribution in [0.25, 0.3) is 10.4 Å². The van der Waals surface area contributed by atoms with E-state index in [-0.39, 0.29) is 24.3 Å². The summed E-state index contributed by atoms with van der Waals surface area (Å²) in [7, 11) is 0. The van der Waals surface area contributed by atoms with Gasteiger partial charge in [0, 0.05) is 24.0 Å². The standard InChI is InChI=1S/C25H24F3N7O3S/c1-14-8-16(10-17(9-14)33-23-29-7-4-19(34-23)25(26,27)28)18-11-31-22(39-18)24(37)5-2-15(3-6-24)21(36)30-12-20-32-13-38-35-20/h4,7-11,13,15,37H,2-3,5-6,12H2,1H3,(H,30,36)(H,29,33,34). The minimum atomic E-state index is -4.57. The minimum Gasteiger partial charge on any atom is -0.383 e. The average molecular weight is 560 g/mol. The first-order valence-electron chi connectivity index (χ1n) is 12.1. The molecule has 0 bridgehead atoms. The lowest BCUT2D eigenvalue weighted by molar-refractivity contribution is -0.141. The molecule has 0 atom stereocenters. The third-order valence-electron chi connectivity index (χ3n) is 6.48. The number of halogens is 3. The largest absolute Gasteiger partial charge is 0.433 e. The summed E-state index contributed by atoms with van der Waals surface area (Å²) in [6, 6.07) is 6.27. The first-order chi connectivity index (χ1) is 18.6. The molecule has 0 saturated heterocycles. The number of rotatable bonds is 7. The highest BCUT2D eigenvalue weighted by Gasteiger charge is 2.39. The summed E-state index contributed by atoms with van der Waals surface area (Å²) in [6.45, 7) is 2.04. The fraction of sp³-hybridized carbons (Fsp3) is 0.360. The van der Waals surface area contributed by atoms with E-state index >= 15 is 0 Å². The van der Waals surface area contributed by atoms with E-state index in [4.69, 9.17) is 0 Å². The molecule has 10 nitrogen and oxygen atoms in total. The Bertz CT molecular complexity index is 1450. The first-order valence-corrected chi connectivity index (χ1v) is 12.9. The molecule has 14 heteroatoms. The lowest BCUT2D eigenvalue weighted by Crippen LogP contribution is -2.38. The molecule has 0 radical (unpaired) electrons. The molecule has 1 amide bonds. The summed E-state index contributed by atoms with van der Waals surface area (Å²) < 4.78 is 43.7. The van der Waals surface area contributed by atoms with E-state index in [9.17, 15) is 23.1 Å². The second-order valence-electron chi connectivity index (χ2n) is 9.38. The number of alkyl halides is 3. The summed E-state index contributed by atoms with van der Waals surface area (Å²) in [6.07, 6.45) is 1.11. The smallest absolute Gasteiger partial charge is 0.383 e. The fourth-order valence-corrected chi connectivity index (χ4v) is 5.53. The number of aryl methyl sites for hydroxylation is 1. The maximum absolute atomic E-state index is 13.0. The molecule has 1 fully saturated rings. The zero-order valence-electron chi connectivity index (χ0n) is 20.7. The van der Waals surface area contributed by atoms with E-state index in [2.05, 4.69) is 40.2 Å². The van der Waals surface area contributed by atoms with Gasteiger partial charge in [-0.3, -0.25) is 4.79 Å². The Morgan fingerprint density at radius 3 is 2.72 bits per heavy atom. The number of carbonyl (C=O) groups excluding carboxylic acids is 1. The molecule has 3 N–H and O–H groups in total. The second kappa shape index (κ2) is 10.7. The molecule has 1 saturated carbocycles. The number of carbonyl (C=O) groups is 1. The molecule has 3 heterocycles. The highest BCUT2D eigenvalue weighted by Crippen LogP contribution is 2.43. The van der Waals surface area contributed by atoms with Gasteiger partial charge in [-0.05, 0) is 61.9 Å². The first kappa shape index (κ1) is 26.7. The Labute approximate surface area is 224 Å². The van der Waals surface area contributed by atoms with Crippen molar-refractivity contribution in [3.8, 4) is 10.4 Å². The normalized spacial score (nSPS) is 19.6. The maximum atomic E-state index is 13.0. The van der Waals surface area contributed by atoms with Crippen LogP contribution in [0.15, 0.2) is 47.6 Å². The van der Waals surface area contributed by atoms with Crippen molar-refractivity contribution >= 4 is 28.9 Å². The van der Waals surface area contributed by atoms with Crippen LogP contribution in [0.3, 0.4) is 0 Å². The zero-order valence-corrected chi connectivity index (χ0v) is 21.5. The number of hydrogen-bond acceptors (Lipinski definition) is 10. The van der Waals surface area contributed by atoms with Crippen molar-refractivity contribution in [1.29, 1.82) is 0 Å². The number of nitrogens with zero attached hydrogens (tertiary/aromatic N) is 5. The predicted molar refractivity (Wildman–Crippen MR) is 135 cm³/mol. The van der Waals surface area contributed by atoms with Crippen molar-refractivity contribution in [2.24, 2.45) is 5.92 Å². The highest BCUT2D eigenvalue weighted by molar-refractivity contribution is 7.15. The molecule has 0 spiro atoms. The Hall–Kier alpha value is -3.91. The van der Waals surface area contributed by atoms with Gasteiger partial charge in [0.2, 0.25) is 18.2 Å². The van der Waals surface area contributed by atoms with Gasteiger partial charge in [-0.1, -0.05) is 11.2 Å². The van der Waals surface area contributed by atoms with Crippen LogP contribution in [0.4, 0.5) is 24.8 Å². The molecule has 0 aliphatic heterocycles. The van der Waals surface area contributed by atoms with Gasteiger partial charge in [0.15, 0.2) is 5.82 Å². The number of aliphatic hydroxyl groups is 1. The number of thiazole rings is 1. The van der Waals surface area contributed by atoms with Crippen LogP contribution in [0.1, 0.15) is 47.8 Å². The van der Waals surface area contributed by atoms with Gasteiger partial charge in [0.1, 0.15) is 16.3 Å². The monoisotopic (exact) mass is 559 g/mol. The van der Waals surface area contributed by atoms with Crippen LogP contribution in [0.2, 0.25) is 0 Å². The maximum Gasteiger partial charge on any atom is 0.433 e. The minimum absolute atomic E-state index is 0.119. The highest BCUT2D eigenvalue weighted by atomic mass is 32.1. The fourth-order valence-electron chi connectivity index (χ4n) is 4.48. The number of benzene rings is 1. The number of nitrogens with one attached hydrogen (secondary N) is 2. The molecule has 204 valence electrons. The molecule has 1 aromatic carbocycles. The van der Waals surface area contributed by atoms with E-state index in [1.807, 2.05) is 13.0 Å². The van der Waals surface area contributed by atoms with Gasteiger partial charge in [-0.2, -0.15) is 18.2 Å². The van der Waals surface area contributed by atoms with Crippen molar-refractivity contribution in [1.82, 2.24) is 30.4 Å². The predicted octanol–water partition coefficient (Wildman–Crippen LogP) is 4.75. The molecular formula is C25H24F3N7O3S. The number of anilines is 2. The van der Waals surface area contributed by atoms with Gasteiger partial charge in [-0.25, -0.2) is 15.0 Å². The topological polar surface area (TPSA) is 139 Å². The molecule has 39 heavy (non-hydrogen) atoms. The van der Waals surface area contributed by atoms with Crippen molar-refractivity contribution in [2.45, 2.75) is 50.9 Å². The number of amides is 1. The van der Waals surface area contributed by atoms with Crippen molar-refractivity contribution in [3.63, 3.8) is 0 Å². The Kier molecular flexibility index (Phi) is 7.32. The Balaban J connectivity index is 1.25. The molecule has 1 aliphatic rings. The summed E-state index contributed by atoms with van der Waals surface area (Å²) in [5, 5.41) is 21.2. The van der Waals surface area contributed by atoms with Crippen molar-refractivity contribution < 1.29 is 27.6 Å². The van der Waals surface area contributed by atoms with Crippen LogP contribution in [0, 0.1) is 12.8 Å². The molecule has 1 aliphatic carbocycles. The number of hydrogen-bond donors (Lipinski definition) is 3. The van der Waals surface area contributed by atoms with Gasteiger partial charge < -0.3 is 20.3 Å². The van der Waals surface area contributed by atoms with Gasteiger partial charge in [-0.15, -0.1) is 11.3 Å². The second-order valence-corrected chi connectivity index (χ2v) is 10.4. The Morgan fingerprint density at radius 2 is 2.00 bits per heavy atom. The molecule has 5 rings (SSSR count). The van der Waals surface area contributed by atoms with Crippen LogP contribution in [0.5, 0.6) is 0 Å². The van der Waals surface area contributed by atoms with Crippen LogP contribution in [-0.4, -0.2) is 36.1 Å². The van der Waals surface area contributed by atoms with E-state index in [1.54, 1.807) is 18.3 Å². The van der Waals surface area contributed by atoms with Gasteiger partial charge in [0.25, 0.3) is 0 Å². The summed E-state index contributed by atoms with van der Waals surface area (Å²) in [5.74, 6) is -0.132. The quantitative estimate of drug-likeness (QED) is 0.293. The summed E-state index contributed by atoms with van der Waals surface area (Å²) in [4.78, 5) is 29.1. The molecular weight excluding hydrogens is 535 g/mol. The van der Waals surface area contributed by atoms with E-state index in [0.717, 1.165) is 28.3 Å². The third kappa shape index (κ3) is 6.23.